The van der Waals surface area contributed by atoms with E-state index in [-0.39, 0.29) is 21.7 Å². The highest BCUT2D eigenvalue weighted by atomic mass is 15.2. The number of para-hydroxylation sites is 5. The highest BCUT2D eigenvalue weighted by molar-refractivity contribution is 6.33. The molecule has 0 fully saturated rings. The van der Waals surface area contributed by atoms with Crippen molar-refractivity contribution in [1.29, 1.82) is 0 Å². The fraction of sp³-hybridized carbons (Fsp3) is 0.178. The van der Waals surface area contributed by atoms with Crippen LogP contribution in [-0.2, 0) is 21.7 Å². The molecule has 0 bridgehead atoms. The van der Waals surface area contributed by atoms with Gasteiger partial charge in [0, 0.05) is 71.5 Å². The van der Waals surface area contributed by atoms with Gasteiger partial charge < -0.3 is 23.5 Å². The van der Waals surface area contributed by atoms with E-state index in [1.54, 1.807) is 0 Å². The van der Waals surface area contributed by atoms with E-state index in [1.165, 1.54) is 87.8 Å². The molecule has 0 spiro atoms. The summed E-state index contributed by atoms with van der Waals surface area (Å²) in [7, 11) is 0. The molecule has 16 aromatic rings. The SMILES string of the molecule is CC(C)(C)c1cc(-n2c3ccccc3c3c(N(c4ccccc4)c4cc5c(c6ccccc46)c4c6ccccc6c(N(c6ccccc6)c6cccc7c6c6ccccc6n7-c6cc(C(C)(C)C)cc(C(C)(C)C)c6)cc4n5-c4ccccc4)cccc32)cc(C(C)(C)C)c1. The van der Waals surface area contributed by atoms with Crippen LogP contribution in [0.4, 0.5) is 34.1 Å². The van der Waals surface area contributed by atoms with Crippen molar-refractivity contribution < 1.29 is 0 Å². The Hall–Kier alpha value is -10.6. The van der Waals surface area contributed by atoms with E-state index in [0.717, 1.165) is 72.7 Å². The van der Waals surface area contributed by atoms with Crippen LogP contribution in [0.25, 0.3) is 104 Å². The highest BCUT2D eigenvalue weighted by Gasteiger charge is 2.31. The second-order valence-corrected chi connectivity index (χ2v) is 30.3. The maximum absolute atomic E-state index is 2.55. The van der Waals surface area contributed by atoms with Gasteiger partial charge in [0.25, 0.3) is 0 Å². The Morgan fingerprint density at radius 1 is 0.211 bits per heavy atom. The molecule has 0 aliphatic heterocycles. The first-order valence-corrected chi connectivity index (χ1v) is 33.8. The first-order chi connectivity index (χ1) is 45.7. The number of rotatable bonds is 9. The molecule has 3 heterocycles. The Kier molecular flexibility index (Phi) is 13.8. The zero-order valence-corrected chi connectivity index (χ0v) is 56.7. The van der Waals surface area contributed by atoms with Crippen LogP contribution in [0.15, 0.2) is 273 Å². The van der Waals surface area contributed by atoms with Gasteiger partial charge in [0.05, 0.1) is 55.8 Å². The van der Waals surface area contributed by atoms with E-state index in [2.05, 4.69) is 380 Å². The third-order valence-corrected chi connectivity index (χ3v) is 19.9. The van der Waals surface area contributed by atoms with Gasteiger partial charge in [-0.2, -0.15) is 0 Å². The molecule has 0 atom stereocenters. The lowest BCUT2D eigenvalue weighted by Gasteiger charge is -2.28. The Balaban J connectivity index is 0.997. The third-order valence-electron chi connectivity index (χ3n) is 19.9. The molecule has 5 nitrogen and oxygen atoms in total. The summed E-state index contributed by atoms with van der Waals surface area (Å²) in [6.07, 6.45) is 0. The largest absolute Gasteiger partial charge is 0.309 e. The van der Waals surface area contributed by atoms with Gasteiger partial charge in [-0.15, -0.1) is 0 Å². The molecule has 95 heavy (non-hydrogen) atoms. The van der Waals surface area contributed by atoms with E-state index in [9.17, 15) is 0 Å². The molecule has 466 valence electrons. The summed E-state index contributed by atoms with van der Waals surface area (Å²) in [6, 6.07) is 103. The normalized spacial score (nSPS) is 12.6. The summed E-state index contributed by atoms with van der Waals surface area (Å²) in [5.41, 5.74) is 21.9. The summed E-state index contributed by atoms with van der Waals surface area (Å²) < 4.78 is 7.58. The van der Waals surface area contributed by atoms with Gasteiger partial charge in [-0.3, -0.25) is 0 Å². The molecule has 3 aromatic heterocycles. The van der Waals surface area contributed by atoms with Crippen LogP contribution in [0, 0.1) is 0 Å². The topological polar surface area (TPSA) is 21.3 Å². The summed E-state index contributed by atoms with van der Waals surface area (Å²) in [5.74, 6) is 0. The van der Waals surface area contributed by atoms with Gasteiger partial charge in [-0.1, -0.05) is 247 Å². The Labute approximate surface area is 558 Å². The number of hydrogen-bond donors (Lipinski definition) is 0. The van der Waals surface area contributed by atoms with Crippen molar-refractivity contribution in [2.24, 2.45) is 0 Å². The Morgan fingerprint density at radius 3 is 0.863 bits per heavy atom. The average Bonchev–Trinajstić information content (AvgIpc) is 1.57. The Morgan fingerprint density at radius 2 is 0.505 bits per heavy atom. The minimum absolute atomic E-state index is 0.0599. The smallest absolute Gasteiger partial charge is 0.0568 e. The summed E-state index contributed by atoms with van der Waals surface area (Å²) >= 11 is 0. The molecule has 13 aromatic carbocycles. The number of aromatic nitrogens is 3. The van der Waals surface area contributed by atoms with Crippen LogP contribution < -0.4 is 9.80 Å². The van der Waals surface area contributed by atoms with Gasteiger partial charge in [-0.05, 0) is 164 Å². The molecule has 0 radical (unpaired) electrons. The van der Waals surface area contributed by atoms with Crippen molar-refractivity contribution >= 4 is 121 Å². The van der Waals surface area contributed by atoms with Gasteiger partial charge >= 0.3 is 0 Å². The van der Waals surface area contributed by atoms with E-state index < -0.39 is 0 Å². The maximum atomic E-state index is 2.55. The second-order valence-electron chi connectivity index (χ2n) is 30.3. The Bertz CT molecular complexity index is 5300. The van der Waals surface area contributed by atoms with Gasteiger partial charge in [0.2, 0.25) is 0 Å². The molecule has 0 aliphatic carbocycles. The van der Waals surface area contributed by atoms with Crippen molar-refractivity contribution in [3.63, 3.8) is 0 Å². The fourth-order valence-electron chi connectivity index (χ4n) is 15.0. The molecule has 0 saturated heterocycles. The van der Waals surface area contributed by atoms with Crippen LogP contribution >= 0.6 is 0 Å². The van der Waals surface area contributed by atoms with Crippen molar-refractivity contribution in [2.75, 3.05) is 9.80 Å². The molecule has 0 N–H and O–H groups in total. The lowest BCUT2D eigenvalue weighted by atomic mass is 9.80. The highest BCUT2D eigenvalue weighted by Crippen LogP contribution is 2.53. The number of benzene rings is 13. The average molecular weight is 1230 g/mol. The molecular weight excluding hydrogens is 1150 g/mol. The molecular formula is C90H81N5. The lowest BCUT2D eigenvalue weighted by Crippen LogP contribution is -2.17. The van der Waals surface area contributed by atoms with Crippen LogP contribution in [0.1, 0.15) is 105 Å². The molecule has 0 saturated carbocycles. The number of anilines is 6. The molecule has 0 aliphatic rings. The van der Waals surface area contributed by atoms with Crippen molar-refractivity contribution in [3.05, 3.63) is 295 Å². The van der Waals surface area contributed by atoms with Crippen LogP contribution in [0.2, 0.25) is 0 Å². The molecule has 5 heteroatoms. The summed E-state index contributed by atoms with van der Waals surface area (Å²) in [6.45, 7) is 28.0. The van der Waals surface area contributed by atoms with Gasteiger partial charge in [0.1, 0.15) is 0 Å². The van der Waals surface area contributed by atoms with Crippen LogP contribution in [0.3, 0.4) is 0 Å². The van der Waals surface area contributed by atoms with E-state index in [4.69, 9.17) is 0 Å². The summed E-state index contributed by atoms with van der Waals surface area (Å²) in [5, 5.41) is 11.9. The number of hydrogen-bond acceptors (Lipinski definition) is 2. The van der Waals surface area contributed by atoms with Crippen molar-refractivity contribution in [1.82, 2.24) is 13.7 Å². The quantitative estimate of drug-likeness (QED) is 0.144. The lowest BCUT2D eigenvalue weighted by molar-refractivity contribution is 0.567. The zero-order chi connectivity index (χ0) is 65.4. The maximum Gasteiger partial charge on any atom is 0.0568 e. The second kappa shape index (κ2) is 22.0. The number of nitrogens with zero attached hydrogens (tertiary/aromatic N) is 5. The molecule has 16 rings (SSSR count). The van der Waals surface area contributed by atoms with Gasteiger partial charge in [0.15, 0.2) is 0 Å². The first kappa shape index (κ1) is 59.4. The molecule has 0 unspecified atom stereocenters. The standard InChI is InChI=1S/C90H81N5/c1-87(2,3)58-50-59(88(4,5)6)53-65(52-58)94-73-44-28-26-42-71(73)83-75(46-30-48-77(83)94)91(62-32-16-13-17-33-62)79-56-81-85(69-40-24-22-38-67(69)79)86-70-41-25-23-39-68(70)80(57-82(86)93(81)64-36-20-15-21-37-64)92(63-34-18-14-19-35-63)76-47-31-49-78-84(76)72-43-27-29-45-74(72)95(78)66-54-60(89(7,8)9)51-61(55-66)90(10,11)12/h13-57H,1-12H3. The summed E-state index contributed by atoms with van der Waals surface area (Å²) in [4.78, 5) is 5.09. The third kappa shape index (κ3) is 9.80. The van der Waals surface area contributed by atoms with Crippen LogP contribution in [-0.4, -0.2) is 13.7 Å². The van der Waals surface area contributed by atoms with Crippen molar-refractivity contribution in [2.45, 2.75) is 105 Å². The number of fused-ring (bicyclic) bond motifs is 13. The van der Waals surface area contributed by atoms with Crippen molar-refractivity contribution in [3.8, 4) is 17.1 Å². The predicted molar refractivity (Wildman–Crippen MR) is 409 cm³/mol. The van der Waals surface area contributed by atoms with E-state index >= 15 is 0 Å². The predicted octanol–water partition coefficient (Wildman–Crippen LogP) is 25.4. The molecule has 0 amide bonds. The zero-order valence-electron chi connectivity index (χ0n) is 56.7. The minimum Gasteiger partial charge on any atom is -0.309 e. The monoisotopic (exact) mass is 1230 g/mol. The first-order valence-electron chi connectivity index (χ1n) is 33.8. The minimum atomic E-state index is -0.0599. The van der Waals surface area contributed by atoms with Gasteiger partial charge in [-0.25, -0.2) is 0 Å². The van der Waals surface area contributed by atoms with Crippen LogP contribution in [0.5, 0.6) is 0 Å². The van der Waals surface area contributed by atoms with E-state index in [0.29, 0.717) is 0 Å². The van der Waals surface area contributed by atoms with E-state index in [1.807, 2.05) is 0 Å². The fourth-order valence-corrected chi connectivity index (χ4v) is 15.0.